The van der Waals surface area contributed by atoms with E-state index < -0.39 is 0 Å². The average molecular weight is 455 g/mol. The summed E-state index contributed by atoms with van der Waals surface area (Å²) in [5, 5.41) is 6.49. The third-order valence-corrected chi connectivity index (χ3v) is 5.76. The van der Waals surface area contributed by atoms with Crippen molar-refractivity contribution < 1.29 is 9.59 Å². The molecule has 2 heterocycles. The lowest BCUT2D eigenvalue weighted by Gasteiger charge is -2.22. The predicted molar refractivity (Wildman–Crippen MR) is 130 cm³/mol. The van der Waals surface area contributed by atoms with Crippen LogP contribution in [0.25, 0.3) is 0 Å². The van der Waals surface area contributed by atoms with E-state index in [1.54, 1.807) is 41.3 Å². The summed E-state index contributed by atoms with van der Waals surface area (Å²) in [6, 6.07) is 25.7. The molecule has 162 valence electrons. The normalized spacial score (nSPS) is 12.1. The number of fused-ring (bicyclic) bond motifs is 2. The SMILES string of the molecule is O=C(Nc1ccc(C(=O)N2Cc3ccccc3Nc3ccccc32)cn1)c1ccccc1Cl. The maximum absolute atomic E-state index is 13.5. The Labute approximate surface area is 195 Å². The van der Waals surface area contributed by atoms with Gasteiger partial charge in [0.2, 0.25) is 0 Å². The van der Waals surface area contributed by atoms with Crippen molar-refractivity contribution in [1.29, 1.82) is 0 Å². The highest BCUT2D eigenvalue weighted by Gasteiger charge is 2.25. The molecular weight excluding hydrogens is 436 g/mol. The minimum Gasteiger partial charge on any atom is -0.354 e. The lowest BCUT2D eigenvalue weighted by molar-refractivity contribution is 0.0984. The smallest absolute Gasteiger partial charge is 0.260 e. The first-order valence-corrected chi connectivity index (χ1v) is 10.8. The summed E-state index contributed by atoms with van der Waals surface area (Å²) in [4.78, 5) is 32.0. The quantitative estimate of drug-likeness (QED) is 0.404. The molecule has 0 saturated carbocycles. The third kappa shape index (κ3) is 4.16. The van der Waals surface area contributed by atoms with E-state index in [0.29, 0.717) is 28.5 Å². The van der Waals surface area contributed by atoms with Gasteiger partial charge in [0, 0.05) is 11.9 Å². The van der Waals surface area contributed by atoms with E-state index in [4.69, 9.17) is 11.6 Å². The summed E-state index contributed by atoms with van der Waals surface area (Å²) in [5.41, 5.74) is 4.39. The van der Waals surface area contributed by atoms with Crippen LogP contribution < -0.4 is 15.5 Å². The van der Waals surface area contributed by atoms with Gasteiger partial charge in [-0.1, -0.05) is 54.1 Å². The number of benzene rings is 3. The lowest BCUT2D eigenvalue weighted by atomic mass is 10.1. The first-order valence-electron chi connectivity index (χ1n) is 10.4. The van der Waals surface area contributed by atoms with Crippen molar-refractivity contribution in [3.05, 3.63) is 113 Å². The number of hydrogen-bond acceptors (Lipinski definition) is 4. The van der Waals surface area contributed by atoms with Crippen molar-refractivity contribution >= 4 is 46.3 Å². The zero-order valence-corrected chi connectivity index (χ0v) is 18.2. The first-order chi connectivity index (χ1) is 16.1. The molecular formula is C26H19ClN4O2. The number of halogens is 1. The largest absolute Gasteiger partial charge is 0.354 e. The molecule has 0 spiro atoms. The summed E-state index contributed by atoms with van der Waals surface area (Å²) < 4.78 is 0. The van der Waals surface area contributed by atoms with Crippen LogP contribution in [0.4, 0.5) is 22.9 Å². The molecule has 0 atom stereocenters. The van der Waals surface area contributed by atoms with E-state index >= 15 is 0 Å². The highest BCUT2D eigenvalue weighted by atomic mass is 35.5. The number of pyridine rings is 1. The molecule has 0 aliphatic carbocycles. The Hall–Kier alpha value is -4.16. The van der Waals surface area contributed by atoms with Crippen molar-refractivity contribution in [2.45, 2.75) is 6.54 Å². The van der Waals surface area contributed by atoms with Gasteiger partial charge >= 0.3 is 0 Å². The third-order valence-electron chi connectivity index (χ3n) is 5.43. The van der Waals surface area contributed by atoms with Crippen molar-refractivity contribution in [2.75, 3.05) is 15.5 Å². The molecule has 33 heavy (non-hydrogen) atoms. The molecule has 2 amide bonds. The second kappa shape index (κ2) is 8.76. The number of nitrogens with one attached hydrogen (secondary N) is 2. The van der Waals surface area contributed by atoms with Crippen LogP contribution in [0.15, 0.2) is 91.1 Å². The molecule has 7 heteroatoms. The molecule has 1 aromatic heterocycles. The number of para-hydroxylation sites is 3. The fourth-order valence-corrected chi connectivity index (χ4v) is 3.98. The van der Waals surface area contributed by atoms with Crippen LogP contribution in [-0.2, 0) is 6.54 Å². The number of hydrogen-bond donors (Lipinski definition) is 2. The molecule has 0 saturated heterocycles. The van der Waals surface area contributed by atoms with Gasteiger partial charge in [-0.2, -0.15) is 0 Å². The Morgan fingerprint density at radius 2 is 1.61 bits per heavy atom. The second-order valence-corrected chi connectivity index (χ2v) is 7.96. The van der Waals surface area contributed by atoms with Crippen LogP contribution in [0.5, 0.6) is 0 Å². The van der Waals surface area contributed by atoms with Crippen molar-refractivity contribution in [3.8, 4) is 0 Å². The van der Waals surface area contributed by atoms with Gasteiger partial charge < -0.3 is 15.5 Å². The standard InChI is InChI=1S/C26H19ClN4O2/c27-20-9-3-2-8-19(20)25(32)30-24-14-13-17(15-28-24)26(33)31-16-18-7-1-4-10-21(18)29-22-11-5-6-12-23(22)31/h1-15,29H,16H2,(H,28,30,32). The van der Waals surface area contributed by atoms with Gasteiger partial charge in [-0.25, -0.2) is 4.98 Å². The number of aromatic nitrogens is 1. The van der Waals surface area contributed by atoms with Crippen molar-refractivity contribution in [3.63, 3.8) is 0 Å². The molecule has 5 rings (SSSR count). The van der Waals surface area contributed by atoms with Gasteiger partial charge in [0.15, 0.2) is 0 Å². The second-order valence-electron chi connectivity index (χ2n) is 7.56. The van der Waals surface area contributed by atoms with Crippen LogP contribution >= 0.6 is 11.6 Å². The lowest BCUT2D eigenvalue weighted by Crippen LogP contribution is -2.30. The van der Waals surface area contributed by atoms with Gasteiger partial charge in [-0.3, -0.25) is 9.59 Å². The fraction of sp³-hybridized carbons (Fsp3) is 0.0385. The van der Waals surface area contributed by atoms with Crippen LogP contribution in [0.3, 0.4) is 0 Å². The molecule has 2 N–H and O–H groups in total. The van der Waals surface area contributed by atoms with Crippen LogP contribution in [-0.4, -0.2) is 16.8 Å². The average Bonchev–Trinajstić information content (AvgIpc) is 3.01. The Kier molecular flexibility index (Phi) is 5.50. The van der Waals surface area contributed by atoms with Crippen LogP contribution in [0.2, 0.25) is 5.02 Å². The Morgan fingerprint density at radius 3 is 2.39 bits per heavy atom. The Balaban J connectivity index is 1.40. The van der Waals surface area contributed by atoms with Gasteiger partial charge in [0.05, 0.1) is 34.1 Å². The summed E-state index contributed by atoms with van der Waals surface area (Å²) in [6.45, 7) is 0.421. The number of anilines is 4. The van der Waals surface area contributed by atoms with E-state index in [2.05, 4.69) is 15.6 Å². The molecule has 4 aromatic rings. The van der Waals surface area contributed by atoms with E-state index in [1.165, 1.54) is 6.20 Å². The Bertz CT molecular complexity index is 1350. The predicted octanol–water partition coefficient (Wildman–Crippen LogP) is 5.89. The fourth-order valence-electron chi connectivity index (χ4n) is 3.76. The number of carbonyl (C=O) groups is 2. The molecule has 0 fully saturated rings. The van der Waals surface area contributed by atoms with Crippen molar-refractivity contribution in [2.24, 2.45) is 0 Å². The van der Waals surface area contributed by atoms with Crippen LogP contribution in [0.1, 0.15) is 26.3 Å². The minimum atomic E-state index is -0.365. The van der Waals surface area contributed by atoms with Crippen LogP contribution in [0, 0.1) is 0 Å². The molecule has 1 aliphatic heterocycles. The van der Waals surface area contributed by atoms with E-state index in [9.17, 15) is 9.59 Å². The number of rotatable bonds is 3. The molecule has 0 unspecified atom stereocenters. The van der Waals surface area contributed by atoms with Gasteiger partial charge in [-0.05, 0) is 48.0 Å². The molecule has 0 radical (unpaired) electrons. The highest BCUT2D eigenvalue weighted by Crippen LogP contribution is 2.36. The minimum absolute atomic E-state index is 0.183. The maximum Gasteiger partial charge on any atom is 0.260 e. The van der Waals surface area contributed by atoms with Gasteiger partial charge in [0.25, 0.3) is 11.8 Å². The summed E-state index contributed by atoms with van der Waals surface area (Å²) in [6.07, 6.45) is 1.47. The zero-order chi connectivity index (χ0) is 22.8. The monoisotopic (exact) mass is 454 g/mol. The van der Waals surface area contributed by atoms with Gasteiger partial charge in [-0.15, -0.1) is 0 Å². The number of amides is 2. The first kappa shape index (κ1) is 20.7. The maximum atomic E-state index is 13.5. The topological polar surface area (TPSA) is 74.3 Å². The van der Waals surface area contributed by atoms with E-state index in [-0.39, 0.29) is 11.8 Å². The van der Waals surface area contributed by atoms with Crippen molar-refractivity contribution in [1.82, 2.24) is 4.98 Å². The molecule has 0 bridgehead atoms. The Morgan fingerprint density at radius 1 is 0.879 bits per heavy atom. The van der Waals surface area contributed by atoms with Gasteiger partial charge in [0.1, 0.15) is 5.82 Å². The number of nitrogens with zero attached hydrogens (tertiary/aromatic N) is 2. The molecule has 3 aromatic carbocycles. The molecule has 6 nitrogen and oxygen atoms in total. The summed E-state index contributed by atoms with van der Waals surface area (Å²) in [7, 11) is 0. The van der Waals surface area contributed by atoms with E-state index in [0.717, 1.165) is 22.6 Å². The zero-order valence-electron chi connectivity index (χ0n) is 17.5. The number of carbonyl (C=O) groups excluding carboxylic acids is 2. The summed E-state index contributed by atoms with van der Waals surface area (Å²) in [5.74, 6) is -0.214. The highest BCUT2D eigenvalue weighted by molar-refractivity contribution is 6.34. The van der Waals surface area contributed by atoms with E-state index in [1.807, 2.05) is 48.5 Å². The summed E-state index contributed by atoms with van der Waals surface area (Å²) >= 11 is 6.09. The molecule has 1 aliphatic rings.